The smallest absolute Gasteiger partial charge is 0.148 e. The minimum absolute atomic E-state index is 0.0642. The molecule has 0 spiro atoms. The Balaban J connectivity index is 2.36. The second-order valence-electron chi connectivity index (χ2n) is 5.34. The summed E-state index contributed by atoms with van der Waals surface area (Å²) < 4.78 is 22.6. The number of hydrogen-bond donors (Lipinski definition) is 1. The maximum atomic E-state index is 11.3. The molecule has 0 heterocycles. The third kappa shape index (κ3) is 4.83. The Morgan fingerprint density at radius 1 is 1.31 bits per heavy atom. The molecule has 1 aliphatic carbocycles. The van der Waals surface area contributed by atoms with Gasteiger partial charge in [-0.2, -0.15) is 0 Å². The number of hydrogen-bond acceptors (Lipinski definition) is 3. The third-order valence-electron chi connectivity index (χ3n) is 3.42. The highest BCUT2D eigenvalue weighted by Crippen LogP contribution is 2.46. The predicted octanol–water partition coefficient (Wildman–Crippen LogP) is 1.98. The maximum absolute atomic E-state index is 11.3. The fraction of sp³-hybridized carbons (Fsp3) is 1.00. The van der Waals surface area contributed by atoms with Crippen LogP contribution in [-0.4, -0.2) is 33.0 Å². The number of sulfone groups is 1. The van der Waals surface area contributed by atoms with Crippen molar-refractivity contribution in [3.8, 4) is 0 Å². The molecule has 4 heteroatoms. The lowest BCUT2D eigenvalue weighted by Crippen LogP contribution is -2.36. The molecule has 0 bridgehead atoms. The second-order valence-corrected chi connectivity index (χ2v) is 7.49. The minimum atomic E-state index is -2.83. The summed E-state index contributed by atoms with van der Waals surface area (Å²) in [6, 6.07) is 0.557. The van der Waals surface area contributed by atoms with Crippen molar-refractivity contribution in [2.45, 2.75) is 52.0 Å². The van der Waals surface area contributed by atoms with Crippen LogP contribution in [0.25, 0.3) is 0 Å². The van der Waals surface area contributed by atoms with Gasteiger partial charge in [-0.3, -0.25) is 0 Å². The molecule has 1 saturated carbocycles. The molecule has 0 aliphatic heterocycles. The topological polar surface area (TPSA) is 46.2 Å². The molecule has 0 aromatic heterocycles. The van der Waals surface area contributed by atoms with Gasteiger partial charge in [0.25, 0.3) is 0 Å². The monoisotopic (exact) mass is 247 g/mol. The summed E-state index contributed by atoms with van der Waals surface area (Å²) in [5.74, 6) is 0.357. The van der Waals surface area contributed by atoms with Crippen molar-refractivity contribution in [2.24, 2.45) is 5.41 Å². The first-order chi connectivity index (χ1) is 7.41. The molecule has 16 heavy (non-hydrogen) atoms. The highest BCUT2D eigenvalue weighted by atomic mass is 32.2. The summed E-state index contributed by atoms with van der Waals surface area (Å²) in [6.07, 6.45) is 6.97. The van der Waals surface area contributed by atoms with Crippen molar-refractivity contribution in [3.63, 3.8) is 0 Å². The van der Waals surface area contributed by atoms with Gasteiger partial charge in [-0.05, 0) is 31.1 Å². The molecule has 0 amide bonds. The zero-order valence-corrected chi connectivity index (χ0v) is 11.6. The molecule has 1 unspecified atom stereocenters. The zero-order valence-electron chi connectivity index (χ0n) is 10.8. The lowest BCUT2D eigenvalue weighted by molar-refractivity contribution is 0.405. The number of rotatable bonds is 8. The van der Waals surface area contributed by atoms with E-state index < -0.39 is 9.84 Å². The molecule has 3 nitrogen and oxygen atoms in total. The Morgan fingerprint density at radius 3 is 2.31 bits per heavy atom. The van der Waals surface area contributed by atoms with Crippen LogP contribution >= 0.6 is 0 Å². The summed E-state index contributed by atoms with van der Waals surface area (Å²) in [7, 11) is -2.83. The Hall–Kier alpha value is -0.0900. The van der Waals surface area contributed by atoms with Crippen LogP contribution < -0.4 is 5.32 Å². The normalized spacial score (nSPS) is 20.7. The lowest BCUT2D eigenvalue weighted by atomic mass is 10.1. The first-order valence-corrected chi connectivity index (χ1v) is 8.38. The van der Waals surface area contributed by atoms with Gasteiger partial charge < -0.3 is 5.32 Å². The molecular formula is C12H25NO2S. The zero-order chi connectivity index (χ0) is 12.2. The molecule has 0 aromatic rings. The first kappa shape index (κ1) is 14.0. The summed E-state index contributed by atoms with van der Waals surface area (Å²) in [5, 5.41) is 3.53. The van der Waals surface area contributed by atoms with Gasteiger partial charge in [0.1, 0.15) is 9.84 Å². The molecule has 1 N–H and O–H groups in total. The van der Waals surface area contributed by atoms with E-state index in [-0.39, 0.29) is 5.41 Å². The van der Waals surface area contributed by atoms with E-state index >= 15 is 0 Å². The van der Waals surface area contributed by atoms with Crippen molar-refractivity contribution in [3.05, 3.63) is 0 Å². The van der Waals surface area contributed by atoms with Crippen LogP contribution in [0, 0.1) is 5.41 Å². The lowest BCUT2D eigenvalue weighted by Gasteiger charge is -2.21. The van der Waals surface area contributed by atoms with E-state index in [4.69, 9.17) is 0 Å². The molecular weight excluding hydrogens is 222 g/mol. The molecule has 0 radical (unpaired) electrons. The van der Waals surface area contributed by atoms with Gasteiger partial charge in [0.2, 0.25) is 0 Å². The highest BCUT2D eigenvalue weighted by Gasteiger charge is 2.44. The van der Waals surface area contributed by atoms with E-state index in [1.807, 2.05) is 0 Å². The van der Waals surface area contributed by atoms with E-state index in [0.29, 0.717) is 11.8 Å². The van der Waals surface area contributed by atoms with E-state index in [1.165, 1.54) is 19.1 Å². The molecule has 96 valence electrons. The second kappa shape index (κ2) is 5.50. The maximum Gasteiger partial charge on any atom is 0.148 e. The average molecular weight is 247 g/mol. The molecule has 1 atom stereocenters. The third-order valence-corrected chi connectivity index (χ3v) is 4.56. The Labute approximate surface area is 99.9 Å². The first-order valence-electron chi connectivity index (χ1n) is 6.32. The van der Waals surface area contributed by atoms with Crippen LogP contribution in [0.15, 0.2) is 0 Å². The Bertz CT molecular complexity index is 307. The summed E-state index contributed by atoms with van der Waals surface area (Å²) in [5.41, 5.74) is 0.0642. The van der Waals surface area contributed by atoms with Crippen LogP contribution in [0.3, 0.4) is 0 Å². The predicted molar refractivity (Wildman–Crippen MR) is 68.4 cm³/mol. The van der Waals surface area contributed by atoms with Gasteiger partial charge in [-0.25, -0.2) is 8.42 Å². The van der Waals surface area contributed by atoms with E-state index in [0.717, 1.165) is 25.8 Å². The minimum Gasteiger partial charge on any atom is -0.313 e. The van der Waals surface area contributed by atoms with Crippen molar-refractivity contribution in [2.75, 3.05) is 18.6 Å². The van der Waals surface area contributed by atoms with Crippen LogP contribution in [0.1, 0.15) is 46.0 Å². The Morgan fingerprint density at radius 2 is 1.94 bits per heavy atom. The average Bonchev–Trinajstić information content (AvgIpc) is 2.90. The fourth-order valence-corrected chi connectivity index (χ4v) is 3.77. The molecule has 0 saturated heterocycles. The van der Waals surface area contributed by atoms with Gasteiger partial charge in [-0.15, -0.1) is 0 Å². The van der Waals surface area contributed by atoms with Gasteiger partial charge in [-0.1, -0.05) is 20.3 Å². The quantitative estimate of drug-likeness (QED) is 0.713. The van der Waals surface area contributed by atoms with Crippen LogP contribution in [-0.2, 0) is 9.84 Å². The molecule has 1 fully saturated rings. The number of nitrogens with one attached hydrogen (secondary N) is 1. The van der Waals surface area contributed by atoms with Gasteiger partial charge in [0.15, 0.2) is 0 Å². The van der Waals surface area contributed by atoms with Gasteiger partial charge in [0, 0.05) is 18.8 Å². The molecule has 1 aliphatic rings. The van der Waals surface area contributed by atoms with Crippen LogP contribution in [0.5, 0.6) is 0 Å². The highest BCUT2D eigenvalue weighted by molar-refractivity contribution is 7.90. The summed E-state index contributed by atoms with van der Waals surface area (Å²) in [4.78, 5) is 0. The van der Waals surface area contributed by atoms with Gasteiger partial charge >= 0.3 is 0 Å². The standard InChI is InChI=1S/C12H25NO2S/c1-4-6-11(5-2)13-9-12(7-8-12)10-16(3,14)15/h11,13H,4-10H2,1-3H3. The SMILES string of the molecule is CCCC(CC)NCC1(CS(C)(=O)=O)CC1. The molecule has 0 aromatic carbocycles. The van der Waals surface area contributed by atoms with Crippen LogP contribution in [0.2, 0.25) is 0 Å². The fourth-order valence-electron chi connectivity index (χ4n) is 2.26. The molecule has 1 rings (SSSR count). The van der Waals surface area contributed by atoms with E-state index in [2.05, 4.69) is 19.2 Å². The van der Waals surface area contributed by atoms with Crippen molar-refractivity contribution in [1.82, 2.24) is 5.32 Å². The van der Waals surface area contributed by atoms with Crippen molar-refractivity contribution < 1.29 is 8.42 Å². The largest absolute Gasteiger partial charge is 0.313 e. The summed E-state index contributed by atoms with van der Waals surface area (Å²) in [6.45, 7) is 5.25. The van der Waals surface area contributed by atoms with E-state index in [1.54, 1.807) is 0 Å². The van der Waals surface area contributed by atoms with Crippen molar-refractivity contribution in [1.29, 1.82) is 0 Å². The summed E-state index contributed by atoms with van der Waals surface area (Å²) >= 11 is 0. The van der Waals surface area contributed by atoms with Crippen LogP contribution in [0.4, 0.5) is 0 Å². The van der Waals surface area contributed by atoms with Crippen molar-refractivity contribution >= 4 is 9.84 Å². The van der Waals surface area contributed by atoms with Gasteiger partial charge in [0.05, 0.1) is 5.75 Å². The Kier molecular flexibility index (Phi) is 4.80. The van der Waals surface area contributed by atoms with E-state index in [9.17, 15) is 8.42 Å².